The Bertz CT molecular complexity index is 461. The summed E-state index contributed by atoms with van der Waals surface area (Å²) in [6.45, 7) is 9.93. The Morgan fingerprint density at radius 2 is 2.10 bits per heavy atom. The van der Waals surface area contributed by atoms with Crippen LogP contribution in [0.3, 0.4) is 0 Å². The molecule has 2 rings (SSSR count). The molecule has 3 nitrogen and oxygen atoms in total. The van der Waals surface area contributed by atoms with E-state index in [0.29, 0.717) is 18.6 Å². The number of rotatable bonds is 5. The van der Waals surface area contributed by atoms with E-state index in [1.54, 1.807) is 6.07 Å². The normalized spacial score (nSPS) is 20.3. The Balaban J connectivity index is 2.21. The minimum atomic E-state index is -0.0996. The predicted octanol–water partition coefficient (Wildman–Crippen LogP) is 2.85. The van der Waals surface area contributed by atoms with Crippen LogP contribution in [0, 0.1) is 5.82 Å². The van der Waals surface area contributed by atoms with Crippen LogP contribution < -0.4 is 10.2 Å². The van der Waals surface area contributed by atoms with E-state index in [1.807, 2.05) is 12.1 Å². The first kappa shape index (κ1) is 16.2. The molecule has 21 heavy (non-hydrogen) atoms. The van der Waals surface area contributed by atoms with Crippen LogP contribution in [0.15, 0.2) is 18.2 Å². The van der Waals surface area contributed by atoms with Gasteiger partial charge in [0.1, 0.15) is 5.82 Å². The highest BCUT2D eigenvalue weighted by molar-refractivity contribution is 5.55. The highest BCUT2D eigenvalue weighted by atomic mass is 19.1. The lowest BCUT2D eigenvalue weighted by atomic mass is 10.1. The van der Waals surface area contributed by atoms with Gasteiger partial charge in [0, 0.05) is 38.3 Å². The molecule has 1 aliphatic rings. The van der Waals surface area contributed by atoms with Crippen molar-refractivity contribution in [2.24, 2.45) is 0 Å². The van der Waals surface area contributed by atoms with Crippen LogP contribution in [0.4, 0.5) is 10.1 Å². The highest BCUT2D eigenvalue weighted by Gasteiger charge is 2.26. The van der Waals surface area contributed by atoms with Gasteiger partial charge in [0.25, 0.3) is 0 Å². The molecule has 1 heterocycles. The summed E-state index contributed by atoms with van der Waals surface area (Å²) in [5, 5.41) is 3.40. The quantitative estimate of drug-likeness (QED) is 0.900. The molecule has 0 aromatic heterocycles. The maximum atomic E-state index is 14.4. The molecule has 1 atom stereocenters. The molecule has 1 saturated heterocycles. The summed E-state index contributed by atoms with van der Waals surface area (Å²) in [6, 6.07) is 6.32. The summed E-state index contributed by atoms with van der Waals surface area (Å²) < 4.78 is 14.4. The first-order valence-corrected chi connectivity index (χ1v) is 7.98. The Labute approximate surface area is 128 Å². The molecule has 1 N–H and O–H groups in total. The Morgan fingerprint density at radius 1 is 1.33 bits per heavy atom. The number of nitrogens with zero attached hydrogens (tertiary/aromatic N) is 2. The summed E-state index contributed by atoms with van der Waals surface area (Å²) in [4.78, 5) is 4.60. The standard InChI is InChI=1S/C17H28FN3/c1-5-15-12-21(10-9-20(15)4)17-14(11-19-13(2)3)7-6-8-16(17)18/h6-8,13,15,19H,5,9-12H2,1-4H3. The third-order valence-corrected chi connectivity index (χ3v) is 4.34. The van der Waals surface area contributed by atoms with E-state index in [9.17, 15) is 4.39 Å². The fourth-order valence-electron chi connectivity index (χ4n) is 2.96. The van der Waals surface area contributed by atoms with Crippen molar-refractivity contribution in [3.05, 3.63) is 29.6 Å². The van der Waals surface area contributed by atoms with Crippen molar-refractivity contribution in [1.29, 1.82) is 0 Å². The molecule has 0 aliphatic carbocycles. The Morgan fingerprint density at radius 3 is 2.76 bits per heavy atom. The Hall–Kier alpha value is -1.13. The molecule has 1 fully saturated rings. The van der Waals surface area contributed by atoms with E-state index in [1.165, 1.54) is 0 Å². The zero-order chi connectivity index (χ0) is 15.4. The topological polar surface area (TPSA) is 18.5 Å². The second kappa shape index (κ2) is 7.23. The maximum Gasteiger partial charge on any atom is 0.146 e. The summed E-state index contributed by atoms with van der Waals surface area (Å²) in [5.41, 5.74) is 1.85. The molecule has 1 unspecified atom stereocenters. The van der Waals surface area contributed by atoms with Gasteiger partial charge in [-0.25, -0.2) is 4.39 Å². The first-order chi connectivity index (χ1) is 10.0. The predicted molar refractivity (Wildman–Crippen MR) is 87.3 cm³/mol. The molecule has 118 valence electrons. The average molecular weight is 293 g/mol. The summed E-state index contributed by atoms with van der Waals surface area (Å²) in [6.07, 6.45) is 1.10. The molecule has 1 aromatic carbocycles. The van der Waals surface area contributed by atoms with Crippen LogP contribution in [0.25, 0.3) is 0 Å². The van der Waals surface area contributed by atoms with Gasteiger partial charge in [0.15, 0.2) is 0 Å². The molecule has 0 bridgehead atoms. The lowest BCUT2D eigenvalue weighted by Crippen LogP contribution is -2.51. The SMILES string of the molecule is CCC1CN(c2c(F)cccc2CNC(C)C)CCN1C. The van der Waals surface area contributed by atoms with Crippen LogP contribution in [-0.2, 0) is 6.54 Å². The fraction of sp³-hybridized carbons (Fsp3) is 0.647. The van der Waals surface area contributed by atoms with Gasteiger partial charge in [-0.2, -0.15) is 0 Å². The fourth-order valence-corrected chi connectivity index (χ4v) is 2.96. The summed E-state index contributed by atoms with van der Waals surface area (Å²) >= 11 is 0. The van der Waals surface area contributed by atoms with Crippen LogP contribution in [-0.4, -0.2) is 43.7 Å². The summed E-state index contributed by atoms with van der Waals surface area (Å²) in [7, 11) is 2.16. The smallest absolute Gasteiger partial charge is 0.146 e. The number of piperazine rings is 1. The largest absolute Gasteiger partial charge is 0.366 e. The zero-order valence-corrected chi connectivity index (χ0v) is 13.7. The number of likely N-dealkylation sites (N-methyl/N-ethyl adjacent to an activating group) is 1. The molecular formula is C17H28FN3. The molecule has 1 aromatic rings. The number of hydrogen-bond acceptors (Lipinski definition) is 3. The van der Waals surface area contributed by atoms with Gasteiger partial charge in [-0.3, -0.25) is 4.90 Å². The first-order valence-electron chi connectivity index (χ1n) is 7.98. The van der Waals surface area contributed by atoms with Crippen molar-refractivity contribution in [3.8, 4) is 0 Å². The lowest BCUT2D eigenvalue weighted by Gasteiger charge is -2.41. The molecule has 1 aliphatic heterocycles. The number of hydrogen-bond donors (Lipinski definition) is 1. The van der Waals surface area contributed by atoms with Gasteiger partial charge in [-0.05, 0) is 25.1 Å². The maximum absolute atomic E-state index is 14.4. The van der Waals surface area contributed by atoms with Crippen LogP contribution in [0.1, 0.15) is 32.8 Å². The molecule has 0 saturated carbocycles. The van der Waals surface area contributed by atoms with Crippen molar-refractivity contribution in [2.75, 3.05) is 31.6 Å². The van der Waals surface area contributed by atoms with E-state index >= 15 is 0 Å². The second-order valence-corrected chi connectivity index (χ2v) is 6.27. The van der Waals surface area contributed by atoms with E-state index < -0.39 is 0 Å². The number of benzene rings is 1. The van der Waals surface area contributed by atoms with Gasteiger partial charge in [0.2, 0.25) is 0 Å². The lowest BCUT2D eigenvalue weighted by molar-refractivity contribution is 0.212. The molecule has 0 spiro atoms. The zero-order valence-electron chi connectivity index (χ0n) is 13.7. The highest BCUT2D eigenvalue weighted by Crippen LogP contribution is 2.27. The number of nitrogens with one attached hydrogen (secondary N) is 1. The molecule has 0 radical (unpaired) electrons. The second-order valence-electron chi connectivity index (χ2n) is 6.27. The minimum absolute atomic E-state index is 0.0996. The van der Waals surface area contributed by atoms with Crippen LogP contribution in [0.5, 0.6) is 0 Å². The minimum Gasteiger partial charge on any atom is -0.366 e. The van der Waals surface area contributed by atoms with Gasteiger partial charge in [-0.1, -0.05) is 32.9 Å². The van der Waals surface area contributed by atoms with E-state index in [-0.39, 0.29) is 5.82 Å². The van der Waals surface area contributed by atoms with Crippen molar-refractivity contribution < 1.29 is 4.39 Å². The monoisotopic (exact) mass is 293 g/mol. The molecule has 4 heteroatoms. The number of halogens is 1. The van der Waals surface area contributed by atoms with Crippen molar-refractivity contribution >= 4 is 5.69 Å². The van der Waals surface area contributed by atoms with E-state index in [0.717, 1.165) is 37.3 Å². The summed E-state index contributed by atoms with van der Waals surface area (Å²) in [5.74, 6) is -0.0996. The van der Waals surface area contributed by atoms with E-state index in [2.05, 4.69) is 42.9 Å². The van der Waals surface area contributed by atoms with Crippen molar-refractivity contribution in [1.82, 2.24) is 10.2 Å². The van der Waals surface area contributed by atoms with Gasteiger partial charge in [-0.15, -0.1) is 0 Å². The van der Waals surface area contributed by atoms with Crippen LogP contribution >= 0.6 is 0 Å². The number of para-hydroxylation sites is 1. The average Bonchev–Trinajstić information content (AvgIpc) is 2.46. The van der Waals surface area contributed by atoms with Crippen molar-refractivity contribution in [2.45, 2.75) is 45.8 Å². The van der Waals surface area contributed by atoms with Crippen LogP contribution in [0.2, 0.25) is 0 Å². The third kappa shape index (κ3) is 3.95. The number of anilines is 1. The Kier molecular flexibility index (Phi) is 5.59. The third-order valence-electron chi connectivity index (χ3n) is 4.34. The molecule has 0 amide bonds. The van der Waals surface area contributed by atoms with Gasteiger partial charge < -0.3 is 10.2 Å². The van der Waals surface area contributed by atoms with E-state index in [4.69, 9.17) is 0 Å². The van der Waals surface area contributed by atoms with Crippen molar-refractivity contribution in [3.63, 3.8) is 0 Å². The molecular weight excluding hydrogens is 265 g/mol. The van der Waals surface area contributed by atoms with Gasteiger partial charge >= 0.3 is 0 Å². The van der Waals surface area contributed by atoms with Gasteiger partial charge in [0.05, 0.1) is 5.69 Å².